The number of aliphatic hydroxyl groups is 1. The van der Waals surface area contributed by atoms with Gasteiger partial charge in [-0.05, 0) is 24.8 Å². The van der Waals surface area contributed by atoms with Crippen molar-refractivity contribution in [1.82, 2.24) is 9.97 Å². The Morgan fingerprint density at radius 3 is 2.93 bits per heavy atom. The van der Waals surface area contributed by atoms with Gasteiger partial charge in [0, 0.05) is 23.3 Å². The molecule has 1 N–H and O–H groups in total. The van der Waals surface area contributed by atoms with Crippen LogP contribution in [-0.4, -0.2) is 15.1 Å². The molecule has 0 aliphatic heterocycles. The van der Waals surface area contributed by atoms with Crippen LogP contribution in [0.5, 0.6) is 0 Å². The number of rotatable bonds is 3. The molecule has 1 atom stereocenters. The molecule has 78 valence electrons. The maximum atomic E-state index is 9.56. The molecule has 0 bridgehead atoms. The van der Waals surface area contributed by atoms with E-state index in [1.54, 1.807) is 30.7 Å². The second kappa shape index (κ2) is 4.74. The van der Waals surface area contributed by atoms with E-state index in [-0.39, 0.29) is 0 Å². The van der Waals surface area contributed by atoms with Crippen molar-refractivity contribution in [1.29, 1.82) is 0 Å². The van der Waals surface area contributed by atoms with Crippen LogP contribution in [0.1, 0.15) is 18.6 Å². The van der Waals surface area contributed by atoms with Crippen molar-refractivity contribution in [3.05, 3.63) is 35.5 Å². The van der Waals surface area contributed by atoms with E-state index < -0.39 is 6.10 Å². The lowest BCUT2D eigenvalue weighted by Crippen LogP contribution is -1.95. The summed E-state index contributed by atoms with van der Waals surface area (Å²) >= 11 is 3.05. The van der Waals surface area contributed by atoms with Crippen LogP contribution in [0, 0.1) is 0 Å². The highest BCUT2D eigenvalue weighted by Gasteiger charge is 2.10. The fraction of sp³-hybridized carbons (Fsp3) is 0.200. The SMILES string of the molecule is C[C@@H](O)c1cccnc1Sc1nccs1. The minimum Gasteiger partial charge on any atom is -0.389 e. The molecule has 2 aromatic heterocycles. The zero-order chi connectivity index (χ0) is 10.7. The van der Waals surface area contributed by atoms with Crippen LogP contribution >= 0.6 is 23.1 Å². The van der Waals surface area contributed by atoms with E-state index in [1.165, 1.54) is 11.8 Å². The molecule has 0 unspecified atom stereocenters. The van der Waals surface area contributed by atoms with Crippen LogP contribution < -0.4 is 0 Å². The summed E-state index contributed by atoms with van der Waals surface area (Å²) in [4.78, 5) is 8.42. The lowest BCUT2D eigenvalue weighted by molar-refractivity contribution is 0.195. The van der Waals surface area contributed by atoms with Crippen molar-refractivity contribution in [2.24, 2.45) is 0 Å². The third kappa shape index (κ3) is 2.56. The summed E-state index contributed by atoms with van der Waals surface area (Å²) < 4.78 is 0.940. The summed E-state index contributed by atoms with van der Waals surface area (Å²) in [6, 6.07) is 3.71. The number of thiazole rings is 1. The highest BCUT2D eigenvalue weighted by molar-refractivity contribution is 8.01. The molecule has 5 heteroatoms. The lowest BCUT2D eigenvalue weighted by atomic mass is 10.2. The van der Waals surface area contributed by atoms with Gasteiger partial charge in [0.25, 0.3) is 0 Å². The number of nitrogens with zero attached hydrogens (tertiary/aromatic N) is 2. The molecule has 0 saturated heterocycles. The average Bonchev–Trinajstić information content (AvgIpc) is 2.71. The Morgan fingerprint density at radius 1 is 1.40 bits per heavy atom. The molecular formula is C10H10N2OS2. The summed E-state index contributed by atoms with van der Waals surface area (Å²) in [5, 5.41) is 12.3. The largest absolute Gasteiger partial charge is 0.389 e. The van der Waals surface area contributed by atoms with Gasteiger partial charge in [0.15, 0.2) is 4.34 Å². The first kappa shape index (κ1) is 10.6. The van der Waals surface area contributed by atoms with Crippen molar-refractivity contribution in [2.75, 3.05) is 0 Å². The van der Waals surface area contributed by atoms with Gasteiger partial charge in [-0.3, -0.25) is 0 Å². The second-order valence-corrected chi connectivity index (χ2v) is 5.10. The van der Waals surface area contributed by atoms with Gasteiger partial charge in [0.1, 0.15) is 5.03 Å². The lowest BCUT2D eigenvalue weighted by Gasteiger charge is -2.08. The molecular weight excluding hydrogens is 228 g/mol. The Bertz CT molecular complexity index is 429. The molecule has 0 aromatic carbocycles. The predicted octanol–water partition coefficient (Wildman–Crippen LogP) is 2.74. The Kier molecular flexibility index (Phi) is 3.35. The maximum absolute atomic E-state index is 9.56. The van der Waals surface area contributed by atoms with Crippen LogP contribution in [0.4, 0.5) is 0 Å². The van der Waals surface area contributed by atoms with Gasteiger partial charge in [-0.25, -0.2) is 9.97 Å². The monoisotopic (exact) mass is 238 g/mol. The zero-order valence-electron chi connectivity index (χ0n) is 8.12. The third-order valence-corrected chi connectivity index (χ3v) is 3.76. The predicted molar refractivity (Wildman–Crippen MR) is 61.1 cm³/mol. The minimum absolute atomic E-state index is 0.499. The van der Waals surface area contributed by atoms with Gasteiger partial charge in [-0.2, -0.15) is 0 Å². The first-order valence-electron chi connectivity index (χ1n) is 4.47. The number of hydrogen-bond donors (Lipinski definition) is 1. The third-order valence-electron chi connectivity index (χ3n) is 1.84. The van der Waals surface area contributed by atoms with Crippen molar-refractivity contribution in [3.8, 4) is 0 Å². The topological polar surface area (TPSA) is 46.0 Å². The Morgan fingerprint density at radius 2 is 2.27 bits per heavy atom. The smallest absolute Gasteiger partial charge is 0.156 e. The number of hydrogen-bond acceptors (Lipinski definition) is 5. The zero-order valence-corrected chi connectivity index (χ0v) is 9.76. The molecule has 0 aliphatic carbocycles. The molecule has 0 saturated carbocycles. The van der Waals surface area contributed by atoms with Gasteiger partial charge in [0.2, 0.25) is 0 Å². The molecule has 0 spiro atoms. The van der Waals surface area contributed by atoms with E-state index in [4.69, 9.17) is 0 Å². The first-order valence-corrected chi connectivity index (χ1v) is 6.17. The van der Waals surface area contributed by atoms with Crippen LogP contribution in [0.3, 0.4) is 0 Å². The van der Waals surface area contributed by atoms with Crippen molar-refractivity contribution in [3.63, 3.8) is 0 Å². The summed E-state index contributed by atoms with van der Waals surface area (Å²) in [5.41, 5.74) is 0.845. The summed E-state index contributed by atoms with van der Waals surface area (Å²) in [5.74, 6) is 0. The average molecular weight is 238 g/mol. The fourth-order valence-electron chi connectivity index (χ4n) is 1.15. The molecule has 0 fully saturated rings. The number of aromatic nitrogens is 2. The summed E-state index contributed by atoms with van der Waals surface area (Å²) in [6.07, 6.45) is 2.99. The molecule has 2 heterocycles. The van der Waals surface area contributed by atoms with Crippen molar-refractivity contribution in [2.45, 2.75) is 22.4 Å². The molecule has 0 radical (unpaired) electrons. The molecule has 0 amide bonds. The van der Waals surface area contributed by atoms with E-state index in [0.717, 1.165) is 14.9 Å². The van der Waals surface area contributed by atoms with Crippen molar-refractivity contribution >= 4 is 23.1 Å². The Balaban J connectivity index is 2.28. The van der Waals surface area contributed by atoms with E-state index in [2.05, 4.69) is 9.97 Å². The van der Waals surface area contributed by atoms with Gasteiger partial charge in [-0.15, -0.1) is 11.3 Å². The summed E-state index contributed by atoms with van der Waals surface area (Å²) in [6.45, 7) is 1.74. The van der Waals surface area contributed by atoms with Crippen molar-refractivity contribution < 1.29 is 5.11 Å². The molecule has 0 aliphatic rings. The van der Waals surface area contributed by atoms with Gasteiger partial charge >= 0.3 is 0 Å². The van der Waals surface area contributed by atoms with Crippen LogP contribution in [0.25, 0.3) is 0 Å². The van der Waals surface area contributed by atoms with E-state index >= 15 is 0 Å². The number of pyridine rings is 1. The van der Waals surface area contributed by atoms with E-state index in [9.17, 15) is 5.11 Å². The van der Waals surface area contributed by atoms with Gasteiger partial charge in [-0.1, -0.05) is 6.07 Å². The standard InChI is InChI=1S/C10H10N2OS2/c1-7(13)8-3-2-4-11-9(8)15-10-12-5-6-14-10/h2-7,13H,1H3/t7-/m1/s1. The quantitative estimate of drug-likeness (QED) is 0.893. The first-order chi connectivity index (χ1) is 7.27. The molecule has 2 aromatic rings. The van der Waals surface area contributed by atoms with Crippen LogP contribution in [-0.2, 0) is 0 Å². The summed E-state index contributed by atoms with van der Waals surface area (Å²) in [7, 11) is 0. The Labute approximate surface area is 96.2 Å². The fourth-order valence-corrected chi connectivity index (χ4v) is 2.85. The van der Waals surface area contributed by atoms with E-state index in [1.807, 2.05) is 17.5 Å². The van der Waals surface area contributed by atoms with Gasteiger partial charge < -0.3 is 5.11 Å². The molecule has 3 nitrogen and oxygen atoms in total. The highest BCUT2D eigenvalue weighted by atomic mass is 32.2. The van der Waals surface area contributed by atoms with Crippen LogP contribution in [0.2, 0.25) is 0 Å². The van der Waals surface area contributed by atoms with Gasteiger partial charge in [0.05, 0.1) is 6.10 Å². The number of aliphatic hydroxyl groups excluding tert-OH is 1. The minimum atomic E-state index is -0.499. The molecule has 2 rings (SSSR count). The normalized spacial score (nSPS) is 12.7. The highest BCUT2D eigenvalue weighted by Crippen LogP contribution is 2.32. The second-order valence-electron chi connectivity index (χ2n) is 2.97. The molecule has 15 heavy (non-hydrogen) atoms. The maximum Gasteiger partial charge on any atom is 0.156 e. The Hall–Kier alpha value is -0.910. The van der Waals surface area contributed by atoms with Crippen LogP contribution in [0.15, 0.2) is 39.3 Å². The van der Waals surface area contributed by atoms with E-state index in [0.29, 0.717) is 0 Å².